The lowest BCUT2D eigenvalue weighted by atomic mass is 10.2. The highest BCUT2D eigenvalue weighted by molar-refractivity contribution is 7.09. The van der Waals surface area contributed by atoms with Crippen molar-refractivity contribution in [1.29, 1.82) is 5.26 Å². The van der Waals surface area contributed by atoms with Gasteiger partial charge in [0.25, 0.3) is 0 Å². The molecule has 3 rings (SSSR count). The van der Waals surface area contributed by atoms with Crippen molar-refractivity contribution in [3.8, 4) is 6.07 Å². The summed E-state index contributed by atoms with van der Waals surface area (Å²) in [7, 11) is 0. The van der Waals surface area contributed by atoms with Crippen molar-refractivity contribution in [2.24, 2.45) is 0 Å². The van der Waals surface area contributed by atoms with Gasteiger partial charge >= 0.3 is 6.03 Å². The lowest BCUT2D eigenvalue weighted by molar-refractivity contribution is -0.133. The van der Waals surface area contributed by atoms with Crippen molar-refractivity contribution in [2.45, 2.75) is 33.0 Å². The van der Waals surface area contributed by atoms with E-state index in [0.29, 0.717) is 24.3 Å². The molecule has 3 aromatic rings. The standard InChI is InChI=1S/C25H26N4O2S/c1-19(2)29(25(31)27-22-11-6-10-21(14-22)15-26)18-24(30)28(17-23-12-7-13-32-23)16-20-8-4-3-5-9-20/h3-14,19H,16-18H2,1-2H3,(H,27,31). The van der Waals surface area contributed by atoms with Crippen molar-refractivity contribution in [1.82, 2.24) is 9.80 Å². The summed E-state index contributed by atoms with van der Waals surface area (Å²) >= 11 is 1.60. The SMILES string of the molecule is CC(C)N(CC(=O)N(Cc1ccccc1)Cc1cccs1)C(=O)Nc1cccc(C#N)c1. The molecule has 1 heterocycles. The first kappa shape index (κ1) is 23.0. The lowest BCUT2D eigenvalue weighted by Gasteiger charge is -2.30. The largest absolute Gasteiger partial charge is 0.332 e. The van der Waals surface area contributed by atoms with E-state index in [0.717, 1.165) is 10.4 Å². The highest BCUT2D eigenvalue weighted by atomic mass is 32.1. The van der Waals surface area contributed by atoms with Gasteiger partial charge in [0, 0.05) is 23.2 Å². The number of nitrogens with zero attached hydrogens (tertiary/aromatic N) is 3. The Morgan fingerprint density at radius 2 is 1.81 bits per heavy atom. The van der Waals surface area contributed by atoms with Crippen molar-refractivity contribution in [2.75, 3.05) is 11.9 Å². The Morgan fingerprint density at radius 1 is 1.03 bits per heavy atom. The van der Waals surface area contributed by atoms with Gasteiger partial charge in [-0.1, -0.05) is 42.5 Å². The van der Waals surface area contributed by atoms with E-state index in [4.69, 9.17) is 5.26 Å². The first-order chi connectivity index (χ1) is 15.5. The second-order valence-electron chi connectivity index (χ2n) is 7.66. The van der Waals surface area contributed by atoms with Crippen LogP contribution in [0.15, 0.2) is 72.1 Å². The minimum atomic E-state index is -0.376. The van der Waals surface area contributed by atoms with Gasteiger partial charge in [-0.15, -0.1) is 11.3 Å². The number of thiophene rings is 1. The van der Waals surface area contributed by atoms with Crippen LogP contribution in [0.5, 0.6) is 0 Å². The molecule has 7 heteroatoms. The van der Waals surface area contributed by atoms with E-state index in [-0.39, 0.29) is 24.5 Å². The molecule has 0 saturated heterocycles. The summed E-state index contributed by atoms with van der Waals surface area (Å²) in [6.07, 6.45) is 0. The Labute approximate surface area is 192 Å². The molecule has 0 saturated carbocycles. The van der Waals surface area contributed by atoms with Crippen LogP contribution in [0.1, 0.15) is 29.9 Å². The monoisotopic (exact) mass is 446 g/mol. The third kappa shape index (κ3) is 6.43. The molecular weight excluding hydrogens is 420 g/mol. The normalized spacial score (nSPS) is 10.4. The number of carbonyl (C=O) groups excluding carboxylic acids is 2. The number of rotatable bonds is 8. The molecule has 0 aliphatic heterocycles. The third-order valence-corrected chi connectivity index (χ3v) is 5.79. The molecule has 164 valence electrons. The third-order valence-electron chi connectivity index (χ3n) is 4.93. The number of benzene rings is 2. The molecule has 0 fully saturated rings. The van der Waals surface area contributed by atoms with Gasteiger partial charge in [0.15, 0.2) is 0 Å². The van der Waals surface area contributed by atoms with Crippen LogP contribution in [0.4, 0.5) is 10.5 Å². The Kier molecular flexibility index (Phi) is 8.01. The van der Waals surface area contributed by atoms with Gasteiger partial charge in [-0.05, 0) is 49.1 Å². The van der Waals surface area contributed by atoms with Crippen LogP contribution in [0.25, 0.3) is 0 Å². The van der Waals surface area contributed by atoms with E-state index in [9.17, 15) is 9.59 Å². The van der Waals surface area contributed by atoms with E-state index in [2.05, 4.69) is 11.4 Å². The summed E-state index contributed by atoms with van der Waals surface area (Å²) in [5.41, 5.74) is 2.01. The molecule has 0 unspecified atom stereocenters. The molecule has 6 nitrogen and oxygen atoms in total. The highest BCUT2D eigenvalue weighted by Gasteiger charge is 2.24. The first-order valence-corrected chi connectivity index (χ1v) is 11.3. The van der Waals surface area contributed by atoms with Crippen molar-refractivity contribution < 1.29 is 9.59 Å². The Morgan fingerprint density at radius 3 is 2.47 bits per heavy atom. The number of hydrogen-bond donors (Lipinski definition) is 1. The van der Waals surface area contributed by atoms with Crippen LogP contribution in [0.3, 0.4) is 0 Å². The van der Waals surface area contributed by atoms with E-state index >= 15 is 0 Å². The molecule has 0 bridgehead atoms. The zero-order valence-corrected chi connectivity index (χ0v) is 19.0. The van der Waals surface area contributed by atoms with E-state index < -0.39 is 0 Å². The zero-order chi connectivity index (χ0) is 22.9. The van der Waals surface area contributed by atoms with Crippen molar-refractivity contribution >= 4 is 29.0 Å². The number of urea groups is 1. The fraction of sp³-hybridized carbons (Fsp3) is 0.240. The van der Waals surface area contributed by atoms with Gasteiger partial charge in [0.05, 0.1) is 18.2 Å². The second-order valence-corrected chi connectivity index (χ2v) is 8.69. The van der Waals surface area contributed by atoms with E-state index in [1.54, 1.807) is 40.5 Å². The molecule has 32 heavy (non-hydrogen) atoms. The minimum absolute atomic E-state index is 0.0420. The maximum absolute atomic E-state index is 13.3. The number of amides is 3. The molecule has 0 spiro atoms. The minimum Gasteiger partial charge on any atom is -0.332 e. The van der Waals surface area contributed by atoms with Gasteiger partial charge in [-0.3, -0.25) is 4.79 Å². The fourth-order valence-electron chi connectivity index (χ4n) is 3.22. The Hall–Kier alpha value is -3.63. The highest BCUT2D eigenvalue weighted by Crippen LogP contribution is 2.16. The van der Waals surface area contributed by atoms with Crippen LogP contribution in [0.2, 0.25) is 0 Å². The predicted octanol–water partition coefficient (Wildman–Crippen LogP) is 5.09. The number of anilines is 1. The van der Waals surface area contributed by atoms with Crippen LogP contribution >= 0.6 is 11.3 Å². The summed E-state index contributed by atoms with van der Waals surface area (Å²) in [6, 6.07) is 22.0. The van der Waals surface area contributed by atoms with Crippen LogP contribution in [-0.2, 0) is 17.9 Å². The van der Waals surface area contributed by atoms with Crippen LogP contribution < -0.4 is 5.32 Å². The molecule has 0 atom stereocenters. The molecule has 1 N–H and O–H groups in total. The maximum Gasteiger partial charge on any atom is 0.322 e. The van der Waals surface area contributed by atoms with Gasteiger partial charge in [-0.25, -0.2) is 4.79 Å². The summed E-state index contributed by atoms with van der Waals surface area (Å²) in [5.74, 6) is -0.128. The van der Waals surface area contributed by atoms with Crippen LogP contribution in [-0.4, -0.2) is 34.3 Å². The van der Waals surface area contributed by atoms with E-state index in [1.807, 2.05) is 61.7 Å². The van der Waals surface area contributed by atoms with Gasteiger partial charge in [-0.2, -0.15) is 5.26 Å². The summed E-state index contributed by atoms with van der Waals surface area (Å²) < 4.78 is 0. The Balaban J connectivity index is 1.74. The average Bonchev–Trinajstić information content (AvgIpc) is 3.30. The molecule has 0 aliphatic carbocycles. The maximum atomic E-state index is 13.3. The lowest BCUT2D eigenvalue weighted by Crippen LogP contribution is -2.47. The second kappa shape index (κ2) is 11.1. The summed E-state index contributed by atoms with van der Waals surface area (Å²) in [6.45, 7) is 4.66. The number of nitrogens with one attached hydrogen (secondary N) is 1. The van der Waals surface area contributed by atoms with E-state index in [1.165, 1.54) is 4.90 Å². The fourth-order valence-corrected chi connectivity index (χ4v) is 3.94. The first-order valence-electron chi connectivity index (χ1n) is 10.4. The molecule has 1 aromatic heterocycles. The van der Waals surface area contributed by atoms with Gasteiger partial charge < -0.3 is 15.1 Å². The number of carbonyl (C=O) groups is 2. The molecular formula is C25H26N4O2S. The zero-order valence-electron chi connectivity index (χ0n) is 18.2. The summed E-state index contributed by atoms with van der Waals surface area (Å²) in [4.78, 5) is 30.6. The Bertz CT molecular complexity index is 1070. The average molecular weight is 447 g/mol. The van der Waals surface area contributed by atoms with Crippen LogP contribution in [0, 0.1) is 11.3 Å². The quantitative estimate of drug-likeness (QED) is 0.524. The van der Waals surface area contributed by atoms with Crippen molar-refractivity contribution in [3.05, 3.63) is 88.1 Å². The topological polar surface area (TPSA) is 76.4 Å². The van der Waals surface area contributed by atoms with Gasteiger partial charge in [0.1, 0.15) is 6.54 Å². The number of hydrogen-bond acceptors (Lipinski definition) is 4. The molecule has 0 aliphatic rings. The smallest absolute Gasteiger partial charge is 0.322 e. The molecule has 2 aromatic carbocycles. The van der Waals surface area contributed by atoms with Crippen molar-refractivity contribution in [3.63, 3.8) is 0 Å². The summed E-state index contributed by atoms with van der Waals surface area (Å²) in [5, 5.41) is 13.9. The number of nitriles is 1. The molecule has 3 amide bonds. The van der Waals surface area contributed by atoms with Gasteiger partial charge in [0.2, 0.25) is 5.91 Å². The predicted molar refractivity (Wildman–Crippen MR) is 127 cm³/mol. The molecule has 0 radical (unpaired) electrons.